The molecular weight excluding hydrogens is 186 g/mol. The van der Waals surface area contributed by atoms with E-state index < -0.39 is 0 Å². The van der Waals surface area contributed by atoms with E-state index in [2.05, 4.69) is 19.2 Å². The largest absolute Gasteiger partial charge is 0.372 e. The van der Waals surface area contributed by atoms with Crippen molar-refractivity contribution < 1.29 is 4.74 Å². The fraction of sp³-hybridized carbons (Fsp3) is 1.00. The molecule has 2 aliphatic rings. The quantitative estimate of drug-likeness (QED) is 0.758. The van der Waals surface area contributed by atoms with Crippen LogP contribution in [-0.2, 0) is 4.74 Å². The van der Waals surface area contributed by atoms with Crippen LogP contribution >= 0.6 is 0 Å². The van der Waals surface area contributed by atoms with E-state index in [0.717, 1.165) is 19.0 Å². The van der Waals surface area contributed by atoms with Gasteiger partial charge < -0.3 is 10.1 Å². The maximum Gasteiger partial charge on any atom is 0.0682 e. The minimum atomic E-state index is 0.163. The van der Waals surface area contributed by atoms with Gasteiger partial charge in [0, 0.05) is 0 Å². The Bertz CT molecular complexity index is 191. The molecule has 2 nitrogen and oxygen atoms in total. The van der Waals surface area contributed by atoms with Gasteiger partial charge in [-0.3, -0.25) is 0 Å². The van der Waals surface area contributed by atoms with Crippen LogP contribution in [0.2, 0.25) is 0 Å². The van der Waals surface area contributed by atoms with Gasteiger partial charge in [0.05, 0.1) is 11.7 Å². The summed E-state index contributed by atoms with van der Waals surface area (Å²) in [7, 11) is 0. The lowest BCUT2D eigenvalue weighted by molar-refractivity contribution is -0.112. The van der Waals surface area contributed by atoms with Gasteiger partial charge in [-0.25, -0.2) is 0 Å². The van der Waals surface area contributed by atoms with Gasteiger partial charge >= 0.3 is 0 Å². The predicted octanol–water partition coefficient (Wildman–Crippen LogP) is 2.72. The van der Waals surface area contributed by atoms with Gasteiger partial charge in [0.1, 0.15) is 0 Å². The first-order valence-corrected chi connectivity index (χ1v) is 6.56. The SMILES string of the molecule is CC1CCC(OC2(C)CCNCC2)CC1. The third kappa shape index (κ3) is 3.18. The molecule has 88 valence electrons. The number of rotatable bonds is 2. The Morgan fingerprint density at radius 3 is 2.27 bits per heavy atom. The maximum atomic E-state index is 6.33. The summed E-state index contributed by atoms with van der Waals surface area (Å²) in [6, 6.07) is 0. The minimum absolute atomic E-state index is 0.163. The molecule has 0 aromatic carbocycles. The fourth-order valence-corrected chi connectivity index (χ4v) is 2.82. The Morgan fingerprint density at radius 1 is 1.07 bits per heavy atom. The number of nitrogens with one attached hydrogen (secondary N) is 1. The van der Waals surface area contributed by atoms with Gasteiger partial charge in [-0.15, -0.1) is 0 Å². The Labute approximate surface area is 93.8 Å². The molecule has 0 amide bonds. The second kappa shape index (κ2) is 4.84. The summed E-state index contributed by atoms with van der Waals surface area (Å²) in [6.45, 7) is 6.91. The van der Waals surface area contributed by atoms with Crippen molar-refractivity contribution in [3.8, 4) is 0 Å². The highest BCUT2D eigenvalue weighted by molar-refractivity contribution is 4.84. The molecule has 0 atom stereocenters. The molecule has 0 aromatic rings. The molecule has 0 radical (unpaired) electrons. The second-order valence-electron chi connectivity index (χ2n) is 5.70. The monoisotopic (exact) mass is 211 g/mol. The van der Waals surface area contributed by atoms with Gasteiger partial charge in [0.2, 0.25) is 0 Å². The van der Waals surface area contributed by atoms with Gasteiger partial charge in [-0.2, -0.15) is 0 Å². The smallest absolute Gasteiger partial charge is 0.0682 e. The molecule has 1 heterocycles. The lowest BCUT2D eigenvalue weighted by Gasteiger charge is -2.39. The molecule has 2 fully saturated rings. The zero-order valence-corrected chi connectivity index (χ0v) is 10.2. The minimum Gasteiger partial charge on any atom is -0.372 e. The molecule has 0 spiro atoms. The first-order valence-electron chi connectivity index (χ1n) is 6.56. The van der Waals surface area contributed by atoms with E-state index >= 15 is 0 Å². The average Bonchev–Trinajstić information content (AvgIpc) is 2.22. The number of hydrogen-bond donors (Lipinski definition) is 1. The lowest BCUT2D eigenvalue weighted by Crippen LogP contribution is -2.44. The van der Waals surface area contributed by atoms with Gasteiger partial charge in [-0.05, 0) is 64.5 Å². The van der Waals surface area contributed by atoms with E-state index in [0.29, 0.717) is 6.10 Å². The highest BCUT2D eigenvalue weighted by Crippen LogP contribution is 2.31. The van der Waals surface area contributed by atoms with Crippen LogP contribution in [0.5, 0.6) is 0 Å². The Balaban J connectivity index is 1.80. The maximum absolute atomic E-state index is 6.33. The summed E-state index contributed by atoms with van der Waals surface area (Å²) in [5.41, 5.74) is 0.163. The van der Waals surface area contributed by atoms with Crippen molar-refractivity contribution in [3.63, 3.8) is 0 Å². The molecule has 1 saturated heterocycles. The molecule has 2 rings (SSSR count). The van der Waals surface area contributed by atoms with Crippen LogP contribution < -0.4 is 5.32 Å². The summed E-state index contributed by atoms with van der Waals surface area (Å²) >= 11 is 0. The second-order valence-corrected chi connectivity index (χ2v) is 5.70. The average molecular weight is 211 g/mol. The van der Waals surface area contributed by atoms with E-state index in [9.17, 15) is 0 Å². The molecule has 1 saturated carbocycles. The first kappa shape index (κ1) is 11.4. The molecule has 0 bridgehead atoms. The molecule has 1 N–H and O–H groups in total. The van der Waals surface area contributed by atoms with E-state index in [1.165, 1.54) is 38.5 Å². The van der Waals surface area contributed by atoms with E-state index in [1.54, 1.807) is 0 Å². The summed E-state index contributed by atoms with van der Waals surface area (Å²) in [5, 5.41) is 3.40. The highest BCUT2D eigenvalue weighted by atomic mass is 16.5. The molecule has 1 aliphatic carbocycles. The summed E-state index contributed by atoms with van der Waals surface area (Å²) in [6.07, 6.45) is 8.19. The summed E-state index contributed by atoms with van der Waals surface area (Å²) in [4.78, 5) is 0. The standard InChI is InChI=1S/C13H25NO/c1-11-3-5-12(6-4-11)15-13(2)7-9-14-10-8-13/h11-12,14H,3-10H2,1-2H3. The van der Waals surface area contributed by atoms with Crippen molar-refractivity contribution in [1.29, 1.82) is 0 Å². The van der Waals surface area contributed by atoms with Crippen LogP contribution in [0.25, 0.3) is 0 Å². The van der Waals surface area contributed by atoms with Crippen molar-refractivity contribution in [3.05, 3.63) is 0 Å². The van der Waals surface area contributed by atoms with E-state index in [1.807, 2.05) is 0 Å². The van der Waals surface area contributed by atoms with Gasteiger partial charge in [0.15, 0.2) is 0 Å². The van der Waals surface area contributed by atoms with E-state index in [4.69, 9.17) is 4.74 Å². The van der Waals surface area contributed by atoms with Crippen LogP contribution in [0.15, 0.2) is 0 Å². The summed E-state index contributed by atoms with van der Waals surface area (Å²) < 4.78 is 6.33. The Kier molecular flexibility index (Phi) is 3.68. The van der Waals surface area contributed by atoms with Crippen molar-refractivity contribution in [2.75, 3.05) is 13.1 Å². The van der Waals surface area contributed by atoms with Crippen LogP contribution in [0.3, 0.4) is 0 Å². The van der Waals surface area contributed by atoms with Crippen LogP contribution in [0.1, 0.15) is 52.4 Å². The molecule has 0 unspecified atom stereocenters. The third-order valence-corrected chi connectivity index (χ3v) is 4.08. The Hall–Kier alpha value is -0.0800. The van der Waals surface area contributed by atoms with Gasteiger partial charge in [0.25, 0.3) is 0 Å². The molecule has 1 aliphatic heterocycles. The summed E-state index contributed by atoms with van der Waals surface area (Å²) in [5.74, 6) is 0.922. The molecule has 15 heavy (non-hydrogen) atoms. The van der Waals surface area contributed by atoms with Gasteiger partial charge in [-0.1, -0.05) is 6.92 Å². The lowest BCUT2D eigenvalue weighted by atomic mass is 9.87. The molecule has 0 aromatic heterocycles. The molecule has 2 heteroatoms. The van der Waals surface area contributed by atoms with E-state index in [-0.39, 0.29) is 5.60 Å². The first-order chi connectivity index (χ1) is 7.18. The van der Waals surface area contributed by atoms with Crippen LogP contribution in [0.4, 0.5) is 0 Å². The Morgan fingerprint density at radius 2 is 1.67 bits per heavy atom. The van der Waals surface area contributed by atoms with Crippen molar-refractivity contribution >= 4 is 0 Å². The number of hydrogen-bond acceptors (Lipinski definition) is 2. The van der Waals surface area contributed by atoms with Crippen molar-refractivity contribution in [2.45, 2.75) is 64.1 Å². The zero-order valence-electron chi connectivity index (χ0n) is 10.2. The topological polar surface area (TPSA) is 21.3 Å². The third-order valence-electron chi connectivity index (χ3n) is 4.08. The normalized spacial score (nSPS) is 36.4. The highest BCUT2D eigenvalue weighted by Gasteiger charge is 2.31. The predicted molar refractivity (Wildman–Crippen MR) is 63.0 cm³/mol. The van der Waals surface area contributed by atoms with Crippen LogP contribution in [-0.4, -0.2) is 24.8 Å². The molecular formula is C13H25NO. The fourth-order valence-electron chi connectivity index (χ4n) is 2.82. The number of ether oxygens (including phenoxy) is 1. The van der Waals surface area contributed by atoms with Crippen LogP contribution in [0, 0.1) is 5.92 Å². The van der Waals surface area contributed by atoms with Crippen molar-refractivity contribution in [1.82, 2.24) is 5.32 Å². The zero-order chi connectivity index (χ0) is 10.7. The van der Waals surface area contributed by atoms with Crippen molar-refractivity contribution in [2.24, 2.45) is 5.92 Å². The number of piperidine rings is 1.